The van der Waals surface area contributed by atoms with Crippen molar-refractivity contribution in [1.29, 1.82) is 0 Å². The lowest BCUT2D eigenvalue weighted by atomic mass is 10.3. The first-order chi connectivity index (χ1) is 8.76. The topological polar surface area (TPSA) is 53.5 Å². The molecule has 0 amide bonds. The van der Waals surface area contributed by atoms with Crippen LogP contribution in [0.1, 0.15) is 0 Å². The maximum atomic E-state index is 5.88. The Morgan fingerprint density at radius 1 is 1.00 bits per heavy atom. The van der Waals surface area contributed by atoms with Crippen LogP contribution in [0.15, 0.2) is 30.6 Å². The van der Waals surface area contributed by atoms with E-state index in [1.807, 2.05) is 0 Å². The molecule has 1 aromatic carbocycles. The summed E-state index contributed by atoms with van der Waals surface area (Å²) >= 11 is 5.88. The Morgan fingerprint density at radius 2 is 1.61 bits per heavy atom. The van der Waals surface area contributed by atoms with Crippen LogP contribution < -0.4 is 14.2 Å². The molecule has 2 aromatic rings. The minimum atomic E-state index is 0.172. The van der Waals surface area contributed by atoms with Crippen LogP contribution in [0, 0.1) is 0 Å². The predicted octanol–water partition coefficient (Wildman–Crippen LogP) is 2.94. The van der Waals surface area contributed by atoms with Crippen molar-refractivity contribution >= 4 is 11.6 Å². The molecule has 18 heavy (non-hydrogen) atoms. The SMILES string of the molecule is COc1cccc(OC)c1Oc1nccnc1Cl. The van der Waals surface area contributed by atoms with E-state index in [4.69, 9.17) is 25.8 Å². The minimum absolute atomic E-state index is 0.172. The number of nitrogens with zero attached hydrogens (tertiary/aromatic N) is 2. The van der Waals surface area contributed by atoms with Gasteiger partial charge in [0, 0.05) is 12.4 Å². The molecule has 0 fully saturated rings. The van der Waals surface area contributed by atoms with Crippen LogP contribution in [-0.2, 0) is 0 Å². The summed E-state index contributed by atoms with van der Waals surface area (Å²) < 4.78 is 16.0. The Hall–Kier alpha value is -2.01. The molecule has 94 valence electrons. The first-order valence-corrected chi connectivity index (χ1v) is 5.49. The summed E-state index contributed by atoms with van der Waals surface area (Å²) in [6, 6.07) is 5.30. The quantitative estimate of drug-likeness (QED) is 0.852. The van der Waals surface area contributed by atoms with Crippen molar-refractivity contribution in [3.8, 4) is 23.1 Å². The first-order valence-electron chi connectivity index (χ1n) is 5.11. The third kappa shape index (κ3) is 2.46. The number of para-hydroxylation sites is 1. The zero-order valence-electron chi connectivity index (χ0n) is 9.88. The lowest BCUT2D eigenvalue weighted by Gasteiger charge is -2.13. The van der Waals surface area contributed by atoms with Gasteiger partial charge in [0.2, 0.25) is 5.75 Å². The third-order valence-electron chi connectivity index (χ3n) is 2.20. The second-order valence-corrected chi connectivity index (χ2v) is 3.60. The zero-order valence-corrected chi connectivity index (χ0v) is 10.6. The van der Waals surface area contributed by atoms with Crippen molar-refractivity contribution in [2.24, 2.45) is 0 Å². The van der Waals surface area contributed by atoms with Gasteiger partial charge < -0.3 is 14.2 Å². The smallest absolute Gasteiger partial charge is 0.257 e. The van der Waals surface area contributed by atoms with Gasteiger partial charge >= 0.3 is 0 Å². The highest BCUT2D eigenvalue weighted by molar-refractivity contribution is 6.30. The fraction of sp³-hybridized carbons (Fsp3) is 0.167. The number of methoxy groups -OCH3 is 2. The highest BCUT2D eigenvalue weighted by atomic mass is 35.5. The number of benzene rings is 1. The van der Waals surface area contributed by atoms with Crippen LogP contribution >= 0.6 is 11.6 Å². The summed E-state index contributed by atoms with van der Waals surface area (Å²) in [5, 5.41) is 0.172. The van der Waals surface area contributed by atoms with Gasteiger partial charge in [0.25, 0.3) is 5.88 Å². The Balaban J connectivity index is 2.42. The summed E-state index contributed by atoms with van der Waals surface area (Å²) in [6.45, 7) is 0. The van der Waals surface area contributed by atoms with Gasteiger partial charge in [0.05, 0.1) is 14.2 Å². The van der Waals surface area contributed by atoms with E-state index < -0.39 is 0 Å². The second kappa shape index (κ2) is 5.55. The zero-order chi connectivity index (χ0) is 13.0. The van der Waals surface area contributed by atoms with E-state index in [1.54, 1.807) is 32.4 Å². The molecule has 0 aliphatic heterocycles. The van der Waals surface area contributed by atoms with Crippen molar-refractivity contribution in [3.05, 3.63) is 35.7 Å². The number of hydrogen-bond acceptors (Lipinski definition) is 5. The predicted molar refractivity (Wildman–Crippen MR) is 66.7 cm³/mol. The molecule has 0 spiro atoms. The van der Waals surface area contributed by atoms with Crippen molar-refractivity contribution < 1.29 is 14.2 Å². The molecular weight excluding hydrogens is 256 g/mol. The molecule has 0 unspecified atom stereocenters. The summed E-state index contributed by atoms with van der Waals surface area (Å²) in [7, 11) is 3.08. The fourth-order valence-electron chi connectivity index (χ4n) is 1.39. The van der Waals surface area contributed by atoms with E-state index in [9.17, 15) is 0 Å². The molecule has 0 aliphatic carbocycles. The maximum absolute atomic E-state index is 5.88. The van der Waals surface area contributed by atoms with Crippen LogP contribution in [0.25, 0.3) is 0 Å². The Morgan fingerprint density at radius 3 is 2.17 bits per heavy atom. The lowest BCUT2D eigenvalue weighted by molar-refractivity contribution is 0.341. The van der Waals surface area contributed by atoms with Gasteiger partial charge in [-0.2, -0.15) is 0 Å². The van der Waals surface area contributed by atoms with Gasteiger partial charge in [-0.15, -0.1) is 0 Å². The molecular formula is C12H11ClN2O3. The van der Waals surface area contributed by atoms with E-state index in [1.165, 1.54) is 12.4 Å². The summed E-state index contributed by atoms with van der Waals surface area (Å²) in [5.74, 6) is 1.65. The molecule has 1 heterocycles. The van der Waals surface area contributed by atoms with Crippen LogP contribution in [0.3, 0.4) is 0 Å². The first kappa shape index (κ1) is 12.4. The Labute approximate surface area is 109 Å². The van der Waals surface area contributed by atoms with Crippen LogP contribution in [0.2, 0.25) is 5.15 Å². The molecule has 0 saturated carbocycles. The van der Waals surface area contributed by atoms with Crippen LogP contribution in [0.5, 0.6) is 23.1 Å². The number of hydrogen-bond donors (Lipinski definition) is 0. The van der Waals surface area contributed by atoms with Gasteiger partial charge in [0.1, 0.15) is 0 Å². The highest BCUT2D eigenvalue weighted by Crippen LogP contribution is 2.40. The fourth-order valence-corrected chi connectivity index (χ4v) is 1.53. The second-order valence-electron chi connectivity index (χ2n) is 3.25. The van der Waals surface area contributed by atoms with E-state index >= 15 is 0 Å². The number of rotatable bonds is 4. The van der Waals surface area contributed by atoms with Gasteiger partial charge in [-0.25, -0.2) is 9.97 Å². The molecule has 0 radical (unpaired) electrons. The van der Waals surface area contributed by atoms with Gasteiger partial charge in [-0.1, -0.05) is 17.7 Å². The van der Waals surface area contributed by atoms with Crippen molar-refractivity contribution in [2.45, 2.75) is 0 Å². The molecule has 0 aliphatic rings. The molecule has 6 heteroatoms. The number of ether oxygens (including phenoxy) is 3. The van der Waals surface area contributed by atoms with Crippen molar-refractivity contribution in [2.75, 3.05) is 14.2 Å². The Bertz CT molecular complexity index is 526. The minimum Gasteiger partial charge on any atom is -0.493 e. The third-order valence-corrected chi connectivity index (χ3v) is 2.46. The molecule has 5 nitrogen and oxygen atoms in total. The van der Waals surface area contributed by atoms with E-state index in [0.29, 0.717) is 17.2 Å². The molecule has 0 saturated heterocycles. The maximum Gasteiger partial charge on any atom is 0.257 e. The van der Waals surface area contributed by atoms with Crippen LogP contribution in [0.4, 0.5) is 0 Å². The number of aromatic nitrogens is 2. The number of halogens is 1. The average molecular weight is 267 g/mol. The standard InChI is InChI=1S/C12H11ClN2O3/c1-16-8-4-3-5-9(17-2)10(8)18-12-11(13)14-6-7-15-12/h3-7H,1-2H3. The summed E-state index contributed by atoms with van der Waals surface area (Å²) in [4.78, 5) is 7.88. The van der Waals surface area contributed by atoms with E-state index in [-0.39, 0.29) is 11.0 Å². The molecule has 0 N–H and O–H groups in total. The molecule has 2 rings (SSSR count). The lowest BCUT2D eigenvalue weighted by Crippen LogP contribution is -1.96. The van der Waals surface area contributed by atoms with Gasteiger partial charge in [-0.3, -0.25) is 0 Å². The largest absolute Gasteiger partial charge is 0.493 e. The van der Waals surface area contributed by atoms with Crippen LogP contribution in [-0.4, -0.2) is 24.2 Å². The summed E-state index contributed by atoms with van der Waals surface area (Å²) in [5.41, 5.74) is 0. The van der Waals surface area contributed by atoms with Crippen molar-refractivity contribution in [1.82, 2.24) is 9.97 Å². The monoisotopic (exact) mass is 266 g/mol. The highest BCUT2D eigenvalue weighted by Gasteiger charge is 2.15. The van der Waals surface area contributed by atoms with E-state index in [2.05, 4.69) is 9.97 Å². The van der Waals surface area contributed by atoms with Gasteiger partial charge in [-0.05, 0) is 12.1 Å². The van der Waals surface area contributed by atoms with Gasteiger partial charge in [0.15, 0.2) is 16.7 Å². The molecule has 0 bridgehead atoms. The van der Waals surface area contributed by atoms with E-state index in [0.717, 1.165) is 0 Å². The van der Waals surface area contributed by atoms with Crippen molar-refractivity contribution in [3.63, 3.8) is 0 Å². The molecule has 1 aromatic heterocycles. The summed E-state index contributed by atoms with van der Waals surface area (Å²) in [6.07, 6.45) is 2.97. The Kier molecular flexibility index (Phi) is 3.84. The molecule has 0 atom stereocenters. The average Bonchev–Trinajstić information content (AvgIpc) is 2.41. The normalized spacial score (nSPS) is 9.94.